The molecule has 0 aliphatic carbocycles. The molecule has 3 heterocycles. The Kier molecular flexibility index (Phi) is 6.00. The van der Waals surface area contributed by atoms with E-state index in [4.69, 9.17) is 9.47 Å². The lowest BCUT2D eigenvalue weighted by Crippen LogP contribution is -2.41. The number of ether oxygens (including phenoxy) is 2. The van der Waals surface area contributed by atoms with Crippen molar-refractivity contribution in [2.75, 3.05) is 32.6 Å². The van der Waals surface area contributed by atoms with E-state index in [1.54, 1.807) is 14.2 Å². The minimum absolute atomic E-state index is 0.406. The summed E-state index contributed by atoms with van der Waals surface area (Å²) in [5.41, 5.74) is 3.45. The molecule has 1 fully saturated rings. The fourth-order valence-electron chi connectivity index (χ4n) is 4.00. The summed E-state index contributed by atoms with van der Waals surface area (Å²) in [4.78, 5) is 6.77. The van der Waals surface area contributed by atoms with Crippen LogP contribution in [0, 0.1) is 0 Å². The van der Waals surface area contributed by atoms with E-state index in [2.05, 4.69) is 44.2 Å². The van der Waals surface area contributed by atoms with Crippen molar-refractivity contribution in [3.05, 3.63) is 66.7 Å². The third kappa shape index (κ3) is 4.54. The maximum atomic E-state index is 5.43. The molecule has 1 atom stereocenters. The number of anilines is 1. The molecule has 1 aliphatic heterocycles. The molecule has 0 saturated carbocycles. The number of methoxy groups -OCH3 is 2. The number of rotatable bonds is 7. The Morgan fingerprint density at radius 3 is 2.79 bits per heavy atom. The highest BCUT2D eigenvalue weighted by molar-refractivity contribution is 5.55. The molecule has 3 aromatic rings. The van der Waals surface area contributed by atoms with Crippen molar-refractivity contribution < 1.29 is 9.47 Å². The minimum atomic E-state index is 0.406. The summed E-state index contributed by atoms with van der Waals surface area (Å²) in [6.45, 7) is 3.04. The standard InChI is InChI=1S/C23H28N4O2/c1-28-22-10-9-18(14-23(22)29-2)25-19-6-4-12-26(16-19)17-21-8-5-13-27(21)20-7-3-11-24-15-20/h3,5,7-11,13-15,19,25H,4,6,12,16-17H2,1-2H3. The zero-order chi connectivity index (χ0) is 20.1. The molecule has 29 heavy (non-hydrogen) atoms. The van der Waals surface area contributed by atoms with Gasteiger partial charge in [0.15, 0.2) is 11.5 Å². The Labute approximate surface area is 172 Å². The van der Waals surface area contributed by atoms with Gasteiger partial charge >= 0.3 is 0 Å². The molecule has 1 unspecified atom stereocenters. The van der Waals surface area contributed by atoms with Gasteiger partial charge in [0.05, 0.1) is 26.1 Å². The number of nitrogens with one attached hydrogen (secondary N) is 1. The molecule has 1 aliphatic rings. The molecule has 152 valence electrons. The first kappa shape index (κ1) is 19.3. The smallest absolute Gasteiger partial charge is 0.162 e. The summed E-state index contributed by atoms with van der Waals surface area (Å²) in [7, 11) is 3.33. The van der Waals surface area contributed by atoms with Gasteiger partial charge < -0.3 is 19.4 Å². The molecule has 1 N–H and O–H groups in total. The second-order valence-electron chi connectivity index (χ2n) is 7.37. The van der Waals surface area contributed by atoms with Crippen LogP contribution in [0.5, 0.6) is 11.5 Å². The lowest BCUT2D eigenvalue weighted by molar-refractivity contribution is 0.205. The first-order valence-electron chi connectivity index (χ1n) is 10.0. The van der Waals surface area contributed by atoms with Gasteiger partial charge in [0.1, 0.15) is 0 Å². The highest BCUT2D eigenvalue weighted by atomic mass is 16.5. The van der Waals surface area contributed by atoms with E-state index in [0.717, 1.165) is 48.9 Å². The average Bonchev–Trinajstić information content (AvgIpc) is 3.22. The normalized spacial score (nSPS) is 17.1. The van der Waals surface area contributed by atoms with Gasteiger partial charge in [-0.05, 0) is 55.8 Å². The van der Waals surface area contributed by atoms with Crippen LogP contribution in [0.1, 0.15) is 18.5 Å². The van der Waals surface area contributed by atoms with Crippen LogP contribution in [0.4, 0.5) is 5.69 Å². The van der Waals surface area contributed by atoms with Crippen LogP contribution in [-0.4, -0.2) is 47.8 Å². The Hall–Kier alpha value is -2.99. The van der Waals surface area contributed by atoms with E-state index in [9.17, 15) is 0 Å². The van der Waals surface area contributed by atoms with Gasteiger partial charge in [-0.25, -0.2) is 0 Å². The number of aromatic nitrogens is 2. The molecule has 0 radical (unpaired) electrons. The topological polar surface area (TPSA) is 51.5 Å². The fourth-order valence-corrected chi connectivity index (χ4v) is 4.00. The van der Waals surface area contributed by atoms with Crippen LogP contribution in [0.25, 0.3) is 5.69 Å². The first-order valence-corrected chi connectivity index (χ1v) is 10.0. The fraction of sp³-hybridized carbons (Fsp3) is 0.348. The molecule has 0 bridgehead atoms. The number of nitrogens with zero attached hydrogens (tertiary/aromatic N) is 3. The van der Waals surface area contributed by atoms with Crippen LogP contribution in [0.2, 0.25) is 0 Å². The maximum Gasteiger partial charge on any atom is 0.162 e. The highest BCUT2D eigenvalue weighted by Crippen LogP contribution is 2.30. The molecule has 1 saturated heterocycles. The lowest BCUT2D eigenvalue weighted by atomic mass is 10.0. The summed E-state index contributed by atoms with van der Waals surface area (Å²) in [6, 6.07) is 14.8. The van der Waals surface area contributed by atoms with Crippen molar-refractivity contribution in [1.29, 1.82) is 0 Å². The minimum Gasteiger partial charge on any atom is -0.493 e. The van der Waals surface area contributed by atoms with Crippen LogP contribution in [0.15, 0.2) is 61.1 Å². The van der Waals surface area contributed by atoms with E-state index in [0.29, 0.717) is 6.04 Å². The largest absolute Gasteiger partial charge is 0.493 e. The van der Waals surface area contributed by atoms with Crippen LogP contribution < -0.4 is 14.8 Å². The Bertz CT molecular complexity index is 926. The van der Waals surface area contributed by atoms with Crippen molar-refractivity contribution in [2.24, 2.45) is 0 Å². The lowest BCUT2D eigenvalue weighted by Gasteiger charge is -2.34. The Balaban J connectivity index is 1.42. The van der Waals surface area contributed by atoms with Gasteiger partial charge in [0.25, 0.3) is 0 Å². The van der Waals surface area contributed by atoms with E-state index in [1.165, 1.54) is 12.1 Å². The van der Waals surface area contributed by atoms with Gasteiger partial charge in [-0.15, -0.1) is 0 Å². The average molecular weight is 393 g/mol. The number of pyridine rings is 1. The number of hydrogen-bond donors (Lipinski definition) is 1. The molecule has 0 spiro atoms. The summed E-state index contributed by atoms with van der Waals surface area (Å²) in [6.07, 6.45) is 8.16. The molecular formula is C23H28N4O2. The summed E-state index contributed by atoms with van der Waals surface area (Å²) in [5.74, 6) is 1.50. The van der Waals surface area contributed by atoms with Crippen molar-refractivity contribution in [3.8, 4) is 17.2 Å². The van der Waals surface area contributed by atoms with E-state index < -0.39 is 0 Å². The Morgan fingerprint density at radius 2 is 2.00 bits per heavy atom. The number of hydrogen-bond acceptors (Lipinski definition) is 5. The number of benzene rings is 1. The van der Waals surface area contributed by atoms with Crippen molar-refractivity contribution in [3.63, 3.8) is 0 Å². The summed E-state index contributed by atoms with van der Waals surface area (Å²) < 4.78 is 13.0. The van der Waals surface area contributed by atoms with E-state index in [-0.39, 0.29) is 0 Å². The summed E-state index contributed by atoms with van der Waals surface area (Å²) >= 11 is 0. The molecule has 0 amide bonds. The quantitative estimate of drug-likeness (QED) is 0.659. The van der Waals surface area contributed by atoms with Gasteiger partial charge in [-0.1, -0.05) is 0 Å². The molecular weight excluding hydrogens is 364 g/mol. The van der Waals surface area contributed by atoms with Crippen LogP contribution >= 0.6 is 0 Å². The van der Waals surface area contributed by atoms with Crippen molar-refractivity contribution >= 4 is 5.69 Å². The Morgan fingerprint density at radius 1 is 1.10 bits per heavy atom. The number of piperidine rings is 1. The molecule has 6 nitrogen and oxygen atoms in total. The van der Waals surface area contributed by atoms with Crippen LogP contribution in [-0.2, 0) is 6.54 Å². The molecule has 4 rings (SSSR count). The van der Waals surface area contributed by atoms with E-state index >= 15 is 0 Å². The predicted octanol–water partition coefficient (Wildman–Crippen LogP) is 3.97. The van der Waals surface area contributed by atoms with Crippen molar-refractivity contribution in [2.45, 2.75) is 25.4 Å². The maximum absolute atomic E-state index is 5.43. The van der Waals surface area contributed by atoms with Gasteiger partial charge in [0, 0.05) is 49.0 Å². The molecule has 2 aromatic heterocycles. The summed E-state index contributed by atoms with van der Waals surface area (Å²) in [5, 5.41) is 3.67. The first-order chi connectivity index (χ1) is 14.3. The zero-order valence-electron chi connectivity index (χ0n) is 17.0. The monoisotopic (exact) mass is 392 g/mol. The highest BCUT2D eigenvalue weighted by Gasteiger charge is 2.21. The van der Waals surface area contributed by atoms with Gasteiger partial charge in [-0.3, -0.25) is 9.88 Å². The van der Waals surface area contributed by atoms with E-state index in [1.807, 2.05) is 36.7 Å². The zero-order valence-corrected chi connectivity index (χ0v) is 17.0. The third-order valence-corrected chi connectivity index (χ3v) is 5.40. The molecule has 6 heteroatoms. The van der Waals surface area contributed by atoms with Gasteiger partial charge in [-0.2, -0.15) is 0 Å². The molecule has 1 aromatic carbocycles. The van der Waals surface area contributed by atoms with Crippen molar-refractivity contribution in [1.82, 2.24) is 14.5 Å². The number of likely N-dealkylation sites (tertiary alicyclic amines) is 1. The van der Waals surface area contributed by atoms with Gasteiger partial charge in [0.2, 0.25) is 0 Å². The second-order valence-corrected chi connectivity index (χ2v) is 7.37. The van der Waals surface area contributed by atoms with Crippen LogP contribution in [0.3, 0.4) is 0 Å². The second kappa shape index (κ2) is 9.01. The SMILES string of the molecule is COc1ccc(NC2CCCN(Cc3cccn3-c3cccnc3)C2)cc1OC. The third-order valence-electron chi connectivity index (χ3n) is 5.40. The predicted molar refractivity (Wildman–Crippen MR) is 115 cm³/mol.